The average molecular weight is 706 g/mol. The van der Waals surface area contributed by atoms with E-state index in [-0.39, 0.29) is 18.6 Å². The van der Waals surface area contributed by atoms with Crippen molar-refractivity contribution in [3.05, 3.63) is 73.6 Å². The van der Waals surface area contributed by atoms with Crippen molar-refractivity contribution in [2.45, 2.75) is 58.4 Å². The Morgan fingerprint density at radius 3 is 2.74 bits per heavy atom. The van der Waals surface area contributed by atoms with Gasteiger partial charge in [0.25, 0.3) is 5.91 Å². The lowest BCUT2D eigenvalue weighted by molar-refractivity contribution is 0.0497. The Morgan fingerprint density at radius 1 is 1.24 bits per heavy atom. The summed E-state index contributed by atoms with van der Waals surface area (Å²) in [6, 6.07) is 12.7. The van der Waals surface area contributed by atoms with Gasteiger partial charge in [0, 0.05) is 42.5 Å². The van der Waals surface area contributed by atoms with Gasteiger partial charge in [0.1, 0.15) is 21.6 Å². The number of amides is 2. The Kier molecular flexibility index (Phi) is 8.70. The number of piperidine rings is 1. The van der Waals surface area contributed by atoms with Gasteiger partial charge in [0.15, 0.2) is 0 Å². The van der Waals surface area contributed by atoms with Crippen LogP contribution >= 0.6 is 34.2 Å². The highest BCUT2D eigenvalue weighted by Crippen LogP contribution is 2.31. The van der Waals surface area contributed by atoms with E-state index in [1.807, 2.05) is 55.7 Å². The normalized spacial score (nSPS) is 16.6. The van der Waals surface area contributed by atoms with E-state index >= 15 is 0 Å². The van der Waals surface area contributed by atoms with Crippen molar-refractivity contribution in [1.82, 2.24) is 14.9 Å². The van der Waals surface area contributed by atoms with E-state index in [0.29, 0.717) is 51.3 Å². The van der Waals surface area contributed by atoms with E-state index in [0.717, 1.165) is 24.0 Å². The molecule has 12 heteroatoms. The SMILES string of the molecule is CN(C(=O)c1c(I)nc(N2CCC[C@@H](NC(=O)OC(C)(C)C)C2)n1Cc1ccccc1Cl)c1ccc2c(c1)C(=O)OC2. The molecule has 1 saturated heterocycles. The van der Waals surface area contributed by atoms with Crippen LogP contribution in [0.3, 0.4) is 0 Å². The predicted molar refractivity (Wildman–Crippen MR) is 168 cm³/mol. The molecule has 3 heterocycles. The summed E-state index contributed by atoms with van der Waals surface area (Å²) in [5.41, 5.74) is 2.47. The minimum absolute atomic E-state index is 0.148. The average Bonchev–Trinajstić information content (AvgIpc) is 3.46. The minimum atomic E-state index is -0.597. The maximum Gasteiger partial charge on any atom is 0.407 e. The van der Waals surface area contributed by atoms with E-state index in [1.54, 1.807) is 19.2 Å². The highest BCUT2D eigenvalue weighted by Gasteiger charge is 2.32. The number of cyclic esters (lactones) is 1. The summed E-state index contributed by atoms with van der Waals surface area (Å²) in [6.45, 7) is 7.25. The lowest BCUT2D eigenvalue weighted by atomic mass is 10.1. The van der Waals surface area contributed by atoms with Crippen molar-refractivity contribution in [2.75, 3.05) is 29.9 Å². The first-order chi connectivity index (χ1) is 19.9. The highest BCUT2D eigenvalue weighted by atomic mass is 127. The Morgan fingerprint density at radius 2 is 2.00 bits per heavy atom. The minimum Gasteiger partial charge on any atom is -0.457 e. The lowest BCUT2D eigenvalue weighted by Gasteiger charge is -2.34. The number of fused-ring (bicyclic) bond motifs is 1. The van der Waals surface area contributed by atoms with Gasteiger partial charge in [-0.2, -0.15) is 0 Å². The molecule has 1 N–H and O–H groups in total. The first kappa shape index (κ1) is 30.1. The van der Waals surface area contributed by atoms with Crippen molar-refractivity contribution in [1.29, 1.82) is 0 Å². The first-order valence-electron chi connectivity index (χ1n) is 13.7. The summed E-state index contributed by atoms with van der Waals surface area (Å²) in [5.74, 6) is -0.0609. The van der Waals surface area contributed by atoms with E-state index in [2.05, 4.69) is 32.8 Å². The van der Waals surface area contributed by atoms with Gasteiger partial charge in [-0.1, -0.05) is 35.9 Å². The molecule has 10 nitrogen and oxygen atoms in total. The second-order valence-electron chi connectivity index (χ2n) is 11.4. The van der Waals surface area contributed by atoms with Crippen LogP contribution in [-0.4, -0.2) is 59.3 Å². The fraction of sp³-hybridized carbons (Fsp3) is 0.400. The van der Waals surface area contributed by atoms with Gasteiger partial charge in [0.05, 0.1) is 12.1 Å². The van der Waals surface area contributed by atoms with Crippen LogP contribution in [0.15, 0.2) is 42.5 Å². The molecule has 2 aliphatic rings. The second-order valence-corrected chi connectivity index (χ2v) is 12.9. The number of alkyl carbamates (subject to hydrolysis) is 1. The van der Waals surface area contributed by atoms with E-state index in [1.165, 1.54) is 4.90 Å². The third-order valence-corrected chi connectivity index (χ3v) is 8.30. The zero-order valence-corrected chi connectivity index (χ0v) is 26.9. The number of hydrogen-bond donors (Lipinski definition) is 1. The lowest BCUT2D eigenvalue weighted by Crippen LogP contribution is -2.49. The molecule has 0 unspecified atom stereocenters. The fourth-order valence-corrected chi connectivity index (χ4v) is 6.07. The topological polar surface area (TPSA) is 106 Å². The predicted octanol–water partition coefficient (Wildman–Crippen LogP) is 5.63. The molecular weight excluding hydrogens is 673 g/mol. The highest BCUT2D eigenvalue weighted by molar-refractivity contribution is 14.1. The summed E-state index contributed by atoms with van der Waals surface area (Å²) in [7, 11) is 1.68. The Labute approximate surface area is 263 Å². The maximum atomic E-state index is 14.1. The van der Waals surface area contributed by atoms with Gasteiger partial charge >= 0.3 is 12.1 Å². The number of rotatable bonds is 6. The van der Waals surface area contributed by atoms with Crippen LogP contribution in [0.2, 0.25) is 5.02 Å². The zero-order valence-electron chi connectivity index (χ0n) is 23.9. The molecule has 0 aliphatic carbocycles. The summed E-state index contributed by atoms with van der Waals surface area (Å²) >= 11 is 8.65. The molecule has 0 radical (unpaired) electrons. The van der Waals surface area contributed by atoms with Gasteiger partial charge in [-0.15, -0.1) is 0 Å². The fourth-order valence-electron chi connectivity index (χ4n) is 5.14. The molecule has 222 valence electrons. The van der Waals surface area contributed by atoms with E-state index < -0.39 is 17.7 Å². The molecule has 0 bridgehead atoms. The van der Waals surface area contributed by atoms with E-state index in [4.69, 9.17) is 26.1 Å². The van der Waals surface area contributed by atoms with Crippen LogP contribution in [0.1, 0.15) is 65.6 Å². The number of nitrogens with zero attached hydrogens (tertiary/aromatic N) is 4. The number of imidazole rings is 1. The quantitative estimate of drug-likeness (QED) is 0.262. The number of carbonyl (C=O) groups is 3. The van der Waals surface area contributed by atoms with Crippen LogP contribution in [0, 0.1) is 3.70 Å². The molecule has 0 spiro atoms. The Hall–Kier alpha value is -3.32. The second kappa shape index (κ2) is 12.1. The molecule has 5 rings (SSSR count). The molecule has 0 saturated carbocycles. The number of benzene rings is 2. The number of ether oxygens (including phenoxy) is 2. The van der Waals surface area contributed by atoms with Crippen molar-refractivity contribution in [3.63, 3.8) is 0 Å². The van der Waals surface area contributed by atoms with Crippen molar-refractivity contribution < 1.29 is 23.9 Å². The summed E-state index contributed by atoms with van der Waals surface area (Å²) < 4.78 is 13.0. The molecule has 2 aliphatic heterocycles. The number of aromatic nitrogens is 2. The first-order valence-corrected chi connectivity index (χ1v) is 15.2. The van der Waals surface area contributed by atoms with Crippen LogP contribution in [0.5, 0.6) is 0 Å². The molecule has 2 amide bonds. The molecule has 2 aromatic carbocycles. The zero-order chi connectivity index (χ0) is 30.2. The molecular formula is C30H33ClIN5O5. The van der Waals surface area contributed by atoms with Crippen LogP contribution in [0.25, 0.3) is 0 Å². The largest absolute Gasteiger partial charge is 0.457 e. The summed E-state index contributed by atoms with van der Waals surface area (Å²) in [4.78, 5) is 47.2. The number of carbonyl (C=O) groups excluding carboxylic acids is 3. The number of hydrogen-bond acceptors (Lipinski definition) is 7. The van der Waals surface area contributed by atoms with Gasteiger partial charge in [-0.25, -0.2) is 14.6 Å². The summed E-state index contributed by atoms with van der Waals surface area (Å²) in [6.07, 6.45) is 1.16. The number of esters is 1. The number of anilines is 2. The van der Waals surface area contributed by atoms with Crippen molar-refractivity contribution in [2.24, 2.45) is 0 Å². The molecule has 42 heavy (non-hydrogen) atoms. The molecule has 1 atom stereocenters. The van der Waals surface area contributed by atoms with Gasteiger partial charge < -0.3 is 29.2 Å². The van der Waals surface area contributed by atoms with Gasteiger partial charge in [0.2, 0.25) is 5.95 Å². The number of nitrogens with one attached hydrogen (secondary N) is 1. The van der Waals surface area contributed by atoms with Crippen LogP contribution in [0.4, 0.5) is 16.4 Å². The van der Waals surface area contributed by atoms with Gasteiger partial charge in [-0.05, 0) is 80.0 Å². The molecule has 1 aromatic heterocycles. The monoisotopic (exact) mass is 705 g/mol. The smallest absolute Gasteiger partial charge is 0.407 e. The van der Waals surface area contributed by atoms with Gasteiger partial charge in [-0.3, -0.25) is 4.79 Å². The van der Waals surface area contributed by atoms with E-state index in [9.17, 15) is 14.4 Å². The molecule has 3 aromatic rings. The Bertz CT molecular complexity index is 1530. The van der Waals surface area contributed by atoms with Crippen LogP contribution < -0.4 is 15.1 Å². The number of halogens is 2. The summed E-state index contributed by atoms with van der Waals surface area (Å²) in [5, 5.41) is 3.57. The third-order valence-electron chi connectivity index (χ3n) is 7.18. The third kappa shape index (κ3) is 6.51. The Balaban J connectivity index is 1.48. The van der Waals surface area contributed by atoms with Crippen LogP contribution in [-0.2, 0) is 22.6 Å². The van der Waals surface area contributed by atoms with Crippen molar-refractivity contribution in [3.8, 4) is 0 Å². The molecule has 1 fully saturated rings. The van der Waals surface area contributed by atoms with Crippen molar-refractivity contribution >= 4 is 63.8 Å². The maximum absolute atomic E-state index is 14.1. The standard InChI is InChI=1S/C30H33ClIN5O5/c1-30(2,3)42-29(40)33-20-9-7-13-36(16-20)28-34-25(32)24(37(28)15-18-8-5-6-10-23(18)31)26(38)35(4)21-12-11-19-17-41-27(39)22(19)14-21/h5-6,8,10-12,14,20H,7,9,13,15-17H2,1-4H3,(H,33,40)/t20-/m1/s1.